The molecule has 94 valence electrons. The molecule has 0 saturated heterocycles. The molecule has 0 heterocycles. The van der Waals surface area contributed by atoms with Crippen LogP contribution in [0.2, 0.25) is 0 Å². The van der Waals surface area contributed by atoms with Crippen molar-refractivity contribution in [2.45, 2.75) is 27.7 Å². The van der Waals surface area contributed by atoms with Crippen LogP contribution in [-0.2, 0) is 0 Å². The van der Waals surface area contributed by atoms with Crippen LogP contribution < -0.4 is 5.32 Å². The van der Waals surface area contributed by atoms with E-state index in [-0.39, 0.29) is 5.41 Å². The largest absolute Gasteiger partial charge is 0.478 e. The summed E-state index contributed by atoms with van der Waals surface area (Å²) >= 11 is 0. The van der Waals surface area contributed by atoms with Gasteiger partial charge in [-0.2, -0.15) is 0 Å². The summed E-state index contributed by atoms with van der Waals surface area (Å²) in [7, 11) is 0. The molecule has 1 unspecified atom stereocenters. The van der Waals surface area contributed by atoms with Gasteiger partial charge in [0, 0.05) is 12.2 Å². The van der Waals surface area contributed by atoms with E-state index in [2.05, 4.69) is 33.0 Å². The topological polar surface area (TPSA) is 49.3 Å². The zero-order valence-electron chi connectivity index (χ0n) is 10.9. The van der Waals surface area contributed by atoms with Crippen LogP contribution in [0.4, 0.5) is 5.69 Å². The molecule has 0 bridgehead atoms. The van der Waals surface area contributed by atoms with Gasteiger partial charge >= 0.3 is 5.97 Å². The van der Waals surface area contributed by atoms with Crippen LogP contribution in [0, 0.1) is 11.3 Å². The Morgan fingerprint density at radius 2 is 1.82 bits per heavy atom. The fourth-order valence-corrected chi connectivity index (χ4v) is 1.31. The van der Waals surface area contributed by atoms with Gasteiger partial charge in [-0.1, -0.05) is 27.7 Å². The van der Waals surface area contributed by atoms with Gasteiger partial charge in [-0.05, 0) is 35.6 Å². The van der Waals surface area contributed by atoms with Crippen LogP contribution in [0.1, 0.15) is 38.1 Å². The summed E-state index contributed by atoms with van der Waals surface area (Å²) < 4.78 is 0. The highest BCUT2D eigenvalue weighted by molar-refractivity contribution is 5.87. The third-order valence-corrected chi connectivity index (χ3v) is 3.22. The molecule has 0 aliphatic heterocycles. The zero-order chi connectivity index (χ0) is 13.1. The monoisotopic (exact) mass is 235 g/mol. The number of carboxylic acid groups (broad SMARTS) is 1. The van der Waals surface area contributed by atoms with Crippen molar-refractivity contribution in [2.75, 3.05) is 11.9 Å². The second kappa shape index (κ2) is 5.21. The minimum Gasteiger partial charge on any atom is -0.478 e. The Bertz CT molecular complexity index is 376. The number of nitrogens with one attached hydrogen (secondary N) is 1. The lowest BCUT2D eigenvalue weighted by atomic mass is 9.82. The molecule has 0 radical (unpaired) electrons. The zero-order valence-corrected chi connectivity index (χ0v) is 10.9. The van der Waals surface area contributed by atoms with E-state index in [1.165, 1.54) is 0 Å². The lowest BCUT2D eigenvalue weighted by Crippen LogP contribution is -2.24. The van der Waals surface area contributed by atoms with Crippen LogP contribution >= 0.6 is 0 Å². The Labute approximate surface area is 103 Å². The summed E-state index contributed by atoms with van der Waals surface area (Å²) in [5.74, 6) is -0.346. The summed E-state index contributed by atoms with van der Waals surface area (Å²) in [4.78, 5) is 10.7. The Balaban J connectivity index is 2.56. The van der Waals surface area contributed by atoms with Crippen molar-refractivity contribution < 1.29 is 9.90 Å². The average Bonchev–Trinajstić information content (AvgIpc) is 2.25. The van der Waals surface area contributed by atoms with Gasteiger partial charge in [0.05, 0.1) is 5.56 Å². The first-order valence-corrected chi connectivity index (χ1v) is 5.88. The third kappa shape index (κ3) is 4.10. The maximum absolute atomic E-state index is 10.7. The molecule has 3 nitrogen and oxygen atoms in total. The summed E-state index contributed by atoms with van der Waals surface area (Å²) in [5.41, 5.74) is 1.55. The van der Waals surface area contributed by atoms with Gasteiger partial charge in [-0.25, -0.2) is 4.79 Å². The van der Waals surface area contributed by atoms with E-state index in [0.717, 1.165) is 12.2 Å². The van der Waals surface area contributed by atoms with Crippen molar-refractivity contribution in [1.29, 1.82) is 0 Å². The maximum atomic E-state index is 10.7. The van der Waals surface area contributed by atoms with E-state index < -0.39 is 5.97 Å². The number of rotatable bonds is 4. The standard InChI is InChI=1S/C14H21NO2/c1-10(14(2,3)4)9-15-12-7-5-11(6-8-12)13(16)17/h5-8,10,15H,9H2,1-4H3,(H,16,17). The van der Waals surface area contributed by atoms with Crippen LogP contribution in [0.25, 0.3) is 0 Å². The molecular formula is C14H21NO2. The van der Waals surface area contributed by atoms with Crippen molar-refractivity contribution in [3.05, 3.63) is 29.8 Å². The molecule has 0 spiro atoms. The summed E-state index contributed by atoms with van der Waals surface area (Å²) in [6.45, 7) is 9.74. The van der Waals surface area contributed by atoms with E-state index in [9.17, 15) is 4.79 Å². The highest BCUT2D eigenvalue weighted by atomic mass is 16.4. The molecule has 1 atom stereocenters. The highest BCUT2D eigenvalue weighted by Crippen LogP contribution is 2.25. The minimum atomic E-state index is -0.889. The molecule has 0 aromatic heterocycles. The lowest BCUT2D eigenvalue weighted by molar-refractivity contribution is 0.0697. The van der Waals surface area contributed by atoms with Crippen LogP contribution in [0.3, 0.4) is 0 Å². The molecule has 1 aromatic rings. The number of aromatic carboxylic acids is 1. The van der Waals surface area contributed by atoms with Crippen molar-refractivity contribution >= 4 is 11.7 Å². The van der Waals surface area contributed by atoms with Gasteiger partial charge in [0.25, 0.3) is 0 Å². The first kappa shape index (κ1) is 13.6. The molecule has 0 fully saturated rings. The molecular weight excluding hydrogens is 214 g/mol. The number of hydrogen-bond acceptors (Lipinski definition) is 2. The number of anilines is 1. The van der Waals surface area contributed by atoms with Crippen molar-refractivity contribution in [2.24, 2.45) is 11.3 Å². The SMILES string of the molecule is CC(CNc1ccc(C(=O)O)cc1)C(C)(C)C. The smallest absolute Gasteiger partial charge is 0.335 e. The van der Waals surface area contributed by atoms with Gasteiger partial charge in [0.1, 0.15) is 0 Å². The summed E-state index contributed by atoms with van der Waals surface area (Å²) in [5, 5.41) is 12.1. The fraction of sp³-hybridized carbons (Fsp3) is 0.500. The van der Waals surface area contributed by atoms with E-state index in [1.54, 1.807) is 24.3 Å². The number of carbonyl (C=O) groups is 1. The Kier molecular flexibility index (Phi) is 4.16. The Hall–Kier alpha value is -1.51. The maximum Gasteiger partial charge on any atom is 0.335 e. The van der Waals surface area contributed by atoms with Crippen molar-refractivity contribution in [1.82, 2.24) is 0 Å². The molecule has 0 aliphatic rings. The first-order valence-electron chi connectivity index (χ1n) is 5.88. The number of carboxylic acids is 1. The van der Waals surface area contributed by atoms with Crippen LogP contribution in [-0.4, -0.2) is 17.6 Å². The average molecular weight is 235 g/mol. The van der Waals surface area contributed by atoms with E-state index >= 15 is 0 Å². The van der Waals surface area contributed by atoms with Crippen molar-refractivity contribution in [3.63, 3.8) is 0 Å². The fourth-order valence-electron chi connectivity index (χ4n) is 1.31. The number of hydrogen-bond donors (Lipinski definition) is 2. The van der Waals surface area contributed by atoms with Gasteiger partial charge in [-0.3, -0.25) is 0 Å². The van der Waals surface area contributed by atoms with Gasteiger partial charge in [0.15, 0.2) is 0 Å². The summed E-state index contributed by atoms with van der Waals surface area (Å²) in [6.07, 6.45) is 0. The molecule has 3 heteroatoms. The van der Waals surface area contributed by atoms with Crippen molar-refractivity contribution in [3.8, 4) is 0 Å². The van der Waals surface area contributed by atoms with E-state index in [1.807, 2.05) is 0 Å². The van der Waals surface area contributed by atoms with Crippen LogP contribution in [0.15, 0.2) is 24.3 Å². The van der Waals surface area contributed by atoms with Gasteiger partial charge in [0.2, 0.25) is 0 Å². The Morgan fingerprint density at radius 3 is 2.24 bits per heavy atom. The molecule has 17 heavy (non-hydrogen) atoms. The first-order chi connectivity index (χ1) is 7.80. The molecule has 1 rings (SSSR count). The predicted molar refractivity (Wildman–Crippen MR) is 70.5 cm³/mol. The molecule has 0 amide bonds. The predicted octanol–water partition coefficient (Wildman–Crippen LogP) is 3.48. The molecule has 0 saturated carbocycles. The minimum absolute atomic E-state index is 0.272. The number of benzene rings is 1. The third-order valence-electron chi connectivity index (χ3n) is 3.22. The molecule has 1 aromatic carbocycles. The van der Waals surface area contributed by atoms with Gasteiger partial charge < -0.3 is 10.4 Å². The normalized spacial score (nSPS) is 13.2. The quantitative estimate of drug-likeness (QED) is 0.840. The van der Waals surface area contributed by atoms with Crippen LogP contribution in [0.5, 0.6) is 0 Å². The lowest BCUT2D eigenvalue weighted by Gasteiger charge is -2.27. The second-order valence-electron chi connectivity index (χ2n) is 5.53. The van der Waals surface area contributed by atoms with Gasteiger partial charge in [-0.15, -0.1) is 0 Å². The van der Waals surface area contributed by atoms with E-state index in [0.29, 0.717) is 11.5 Å². The second-order valence-corrected chi connectivity index (χ2v) is 5.53. The highest BCUT2D eigenvalue weighted by Gasteiger charge is 2.19. The molecule has 2 N–H and O–H groups in total. The Morgan fingerprint density at radius 1 is 1.29 bits per heavy atom. The molecule has 0 aliphatic carbocycles. The van der Waals surface area contributed by atoms with E-state index in [4.69, 9.17) is 5.11 Å². The summed E-state index contributed by atoms with van der Waals surface area (Å²) in [6, 6.07) is 6.84.